The van der Waals surface area contributed by atoms with Crippen LogP contribution in [0.15, 0.2) is 109 Å². The lowest BCUT2D eigenvalue weighted by atomic mass is 10.1. The Balaban J connectivity index is 0.000000151. The van der Waals surface area contributed by atoms with E-state index in [-0.39, 0.29) is 0 Å². The van der Waals surface area contributed by atoms with E-state index in [4.69, 9.17) is 11.5 Å². The highest BCUT2D eigenvalue weighted by Crippen LogP contribution is 2.20. The maximum absolute atomic E-state index is 5.60. The Labute approximate surface area is 154 Å². The molecule has 4 N–H and O–H groups in total. The van der Waals surface area contributed by atoms with E-state index in [9.17, 15) is 0 Å². The van der Waals surface area contributed by atoms with Crippen LogP contribution in [-0.2, 0) is 0 Å². The van der Waals surface area contributed by atoms with Crippen molar-refractivity contribution in [2.45, 2.75) is 0 Å². The average Bonchev–Trinajstić information content (AvgIpc) is 2.71. The zero-order valence-electron chi connectivity index (χ0n) is 14.5. The van der Waals surface area contributed by atoms with Gasteiger partial charge >= 0.3 is 0 Å². The molecule has 128 valence electrons. The van der Waals surface area contributed by atoms with Gasteiger partial charge in [-0.15, -0.1) is 0 Å². The molecule has 0 aliphatic rings. The monoisotopic (exact) mass is 338 g/mol. The first-order chi connectivity index (χ1) is 12.7. The number of benzene rings is 4. The van der Waals surface area contributed by atoms with Crippen LogP contribution in [0.2, 0.25) is 0 Å². The Morgan fingerprint density at radius 3 is 0.885 bits per heavy atom. The summed E-state index contributed by atoms with van der Waals surface area (Å²) in [5.74, 6) is 0. The zero-order chi connectivity index (χ0) is 18.2. The van der Waals surface area contributed by atoms with E-state index in [1.165, 1.54) is 22.3 Å². The molecule has 0 radical (unpaired) electrons. The third-order valence-corrected chi connectivity index (χ3v) is 4.04. The fraction of sp³-hybridized carbons (Fsp3) is 0. The summed E-state index contributed by atoms with van der Waals surface area (Å²) in [6.07, 6.45) is 0. The van der Waals surface area contributed by atoms with Gasteiger partial charge in [-0.05, 0) is 46.5 Å². The molecule has 0 amide bonds. The van der Waals surface area contributed by atoms with E-state index in [0.29, 0.717) is 0 Å². The van der Waals surface area contributed by atoms with E-state index in [0.717, 1.165) is 11.4 Å². The average molecular weight is 338 g/mol. The minimum Gasteiger partial charge on any atom is -0.399 e. The molecule has 0 heterocycles. The summed E-state index contributed by atoms with van der Waals surface area (Å²) in [4.78, 5) is 0. The molecule has 4 aromatic carbocycles. The lowest BCUT2D eigenvalue weighted by Crippen LogP contribution is -1.83. The van der Waals surface area contributed by atoms with Crippen LogP contribution in [-0.4, -0.2) is 0 Å². The first-order valence-electron chi connectivity index (χ1n) is 8.54. The SMILES string of the molecule is Nc1ccc(-c2ccccc2)cc1.Nc1ccc(-c2ccccc2)cc1. The van der Waals surface area contributed by atoms with Crippen LogP contribution in [0.25, 0.3) is 22.3 Å². The van der Waals surface area contributed by atoms with E-state index >= 15 is 0 Å². The Morgan fingerprint density at radius 1 is 0.308 bits per heavy atom. The van der Waals surface area contributed by atoms with Crippen molar-refractivity contribution in [2.24, 2.45) is 0 Å². The second-order valence-corrected chi connectivity index (χ2v) is 5.98. The summed E-state index contributed by atoms with van der Waals surface area (Å²) in [6.45, 7) is 0. The van der Waals surface area contributed by atoms with Gasteiger partial charge in [0.15, 0.2) is 0 Å². The molecule has 26 heavy (non-hydrogen) atoms. The first-order valence-corrected chi connectivity index (χ1v) is 8.54. The summed E-state index contributed by atoms with van der Waals surface area (Å²) in [6, 6.07) is 36.3. The van der Waals surface area contributed by atoms with Crippen molar-refractivity contribution in [2.75, 3.05) is 11.5 Å². The Kier molecular flexibility index (Phi) is 5.69. The topological polar surface area (TPSA) is 52.0 Å². The lowest BCUT2D eigenvalue weighted by molar-refractivity contribution is 1.61. The zero-order valence-corrected chi connectivity index (χ0v) is 14.5. The van der Waals surface area contributed by atoms with Crippen molar-refractivity contribution in [3.8, 4) is 22.3 Å². The van der Waals surface area contributed by atoms with Crippen LogP contribution < -0.4 is 11.5 Å². The summed E-state index contributed by atoms with van der Waals surface area (Å²) < 4.78 is 0. The fourth-order valence-electron chi connectivity index (χ4n) is 2.61. The maximum Gasteiger partial charge on any atom is 0.0314 e. The minimum atomic E-state index is 0.805. The van der Waals surface area contributed by atoms with Crippen LogP contribution in [0.4, 0.5) is 11.4 Å². The molecule has 0 aliphatic heterocycles. The highest BCUT2D eigenvalue weighted by Gasteiger charge is 1.95. The predicted molar refractivity (Wildman–Crippen MR) is 113 cm³/mol. The van der Waals surface area contributed by atoms with Gasteiger partial charge in [0.05, 0.1) is 0 Å². The second-order valence-electron chi connectivity index (χ2n) is 5.98. The van der Waals surface area contributed by atoms with Crippen LogP contribution >= 0.6 is 0 Å². The second kappa shape index (κ2) is 8.54. The van der Waals surface area contributed by atoms with Crippen molar-refractivity contribution < 1.29 is 0 Å². The quantitative estimate of drug-likeness (QED) is 0.449. The standard InChI is InChI=1S/2C12H11N/c2*13-12-8-6-11(7-9-12)10-4-2-1-3-5-10/h2*1-9H,13H2. The van der Waals surface area contributed by atoms with E-state index in [1.807, 2.05) is 84.9 Å². The van der Waals surface area contributed by atoms with Gasteiger partial charge in [0.2, 0.25) is 0 Å². The molecular formula is C24H22N2. The molecule has 4 aromatic rings. The van der Waals surface area contributed by atoms with Crippen molar-refractivity contribution >= 4 is 11.4 Å². The molecule has 0 spiro atoms. The van der Waals surface area contributed by atoms with Crippen LogP contribution in [0, 0.1) is 0 Å². The lowest BCUT2D eigenvalue weighted by Gasteiger charge is -2.00. The highest BCUT2D eigenvalue weighted by molar-refractivity contribution is 5.66. The molecule has 2 heteroatoms. The van der Waals surface area contributed by atoms with Crippen molar-refractivity contribution in [1.29, 1.82) is 0 Å². The van der Waals surface area contributed by atoms with Gasteiger partial charge in [-0.1, -0.05) is 84.9 Å². The Morgan fingerprint density at radius 2 is 0.577 bits per heavy atom. The molecule has 2 nitrogen and oxygen atoms in total. The van der Waals surface area contributed by atoms with Crippen LogP contribution in [0.3, 0.4) is 0 Å². The van der Waals surface area contributed by atoms with Gasteiger partial charge in [0.25, 0.3) is 0 Å². The highest BCUT2D eigenvalue weighted by atomic mass is 14.5. The normalized spacial score (nSPS) is 9.85. The molecule has 0 atom stereocenters. The van der Waals surface area contributed by atoms with Gasteiger partial charge in [0, 0.05) is 11.4 Å². The van der Waals surface area contributed by atoms with E-state index in [2.05, 4.69) is 24.3 Å². The number of nitrogens with two attached hydrogens (primary N) is 2. The van der Waals surface area contributed by atoms with Crippen molar-refractivity contribution in [3.63, 3.8) is 0 Å². The van der Waals surface area contributed by atoms with Gasteiger partial charge in [-0.2, -0.15) is 0 Å². The maximum atomic E-state index is 5.60. The molecule has 4 rings (SSSR count). The van der Waals surface area contributed by atoms with Crippen molar-refractivity contribution in [3.05, 3.63) is 109 Å². The molecule has 0 bridgehead atoms. The van der Waals surface area contributed by atoms with E-state index < -0.39 is 0 Å². The third kappa shape index (κ3) is 4.74. The molecule has 0 saturated carbocycles. The smallest absolute Gasteiger partial charge is 0.0314 e. The number of rotatable bonds is 2. The number of hydrogen-bond acceptors (Lipinski definition) is 2. The van der Waals surface area contributed by atoms with Gasteiger partial charge in [0.1, 0.15) is 0 Å². The van der Waals surface area contributed by atoms with Gasteiger partial charge < -0.3 is 11.5 Å². The third-order valence-electron chi connectivity index (χ3n) is 4.04. The van der Waals surface area contributed by atoms with Crippen molar-refractivity contribution in [1.82, 2.24) is 0 Å². The predicted octanol–water partition coefficient (Wildman–Crippen LogP) is 5.87. The first kappa shape index (κ1) is 17.3. The number of nitrogen functional groups attached to an aromatic ring is 2. The minimum absolute atomic E-state index is 0.805. The number of hydrogen-bond donors (Lipinski definition) is 2. The Hall–Kier alpha value is -3.52. The van der Waals surface area contributed by atoms with Gasteiger partial charge in [-0.25, -0.2) is 0 Å². The summed E-state index contributed by atoms with van der Waals surface area (Å²) in [5, 5.41) is 0. The summed E-state index contributed by atoms with van der Waals surface area (Å²) in [5.41, 5.74) is 17.7. The molecule has 0 aromatic heterocycles. The molecule has 0 saturated heterocycles. The van der Waals surface area contributed by atoms with E-state index in [1.54, 1.807) is 0 Å². The van der Waals surface area contributed by atoms with Crippen LogP contribution in [0.1, 0.15) is 0 Å². The fourth-order valence-corrected chi connectivity index (χ4v) is 2.61. The summed E-state index contributed by atoms with van der Waals surface area (Å²) >= 11 is 0. The van der Waals surface area contributed by atoms with Crippen LogP contribution in [0.5, 0.6) is 0 Å². The van der Waals surface area contributed by atoms with Gasteiger partial charge in [-0.3, -0.25) is 0 Å². The summed E-state index contributed by atoms with van der Waals surface area (Å²) in [7, 11) is 0. The number of anilines is 2. The largest absolute Gasteiger partial charge is 0.399 e. The Bertz CT molecular complexity index is 832. The molecular weight excluding hydrogens is 316 g/mol. The molecule has 0 unspecified atom stereocenters. The molecule has 0 fully saturated rings. The molecule has 0 aliphatic carbocycles.